The van der Waals surface area contributed by atoms with Gasteiger partial charge in [-0.15, -0.1) is 0 Å². The summed E-state index contributed by atoms with van der Waals surface area (Å²) in [6, 6.07) is 8.76. The van der Waals surface area contributed by atoms with Crippen LogP contribution in [0.3, 0.4) is 0 Å². The van der Waals surface area contributed by atoms with E-state index in [0.29, 0.717) is 12.6 Å². The number of aromatic nitrogens is 2. The summed E-state index contributed by atoms with van der Waals surface area (Å²) in [5, 5.41) is 3.15. The van der Waals surface area contributed by atoms with Gasteiger partial charge in [0, 0.05) is 69.7 Å². The van der Waals surface area contributed by atoms with E-state index in [2.05, 4.69) is 38.1 Å². The lowest BCUT2D eigenvalue weighted by molar-refractivity contribution is -0.126. The van der Waals surface area contributed by atoms with Crippen LogP contribution in [0, 0.1) is 5.92 Å². The Bertz CT molecular complexity index is 740. The Morgan fingerprint density at radius 2 is 2.00 bits per heavy atom. The third-order valence-electron chi connectivity index (χ3n) is 5.70. The second-order valence-electron chi connectivity index (χ2n) is 7.52. The van der Waals surface area contributed by atoms with Crippen molar-refractivity contribution >= 4 is 5.91 Å². The Labute approximate surface area is 160 Å². The zero-order valence-corrected chi connectivity index (χ0v) is 15.7. The SMILES string of the molecule is O=C(NCCc1ccncc1)[C@@H]1CN(C2CCOCC2)Cc2cccn2C1. The van der Waals surface area contributed by atoms with E-state index in [4.69, 9.17) is 4.74 Å². The number of carbonyl (C=O) groups excluding carboxylic acids is 1. The van der Waals surface area contributed by atoms with E-state index >= 15 is 0 Å². The third kappa shape index (κ3) is 4.57. The molecule has 0 aliphatic carbocycles. The average Bonchev–Trinajstić information content (AvgIpc) is 3.06. The fraction of sp³-hybridized carbons (Fsp3) is 0.524. The molecule has 4 heterocycles. The lowest BCUT2D eigenvalue weighted by Gasteiger charge is -2.34. The highest BCUT2D eigenvalue weighted by molar-refractivity contribution is 5.78. The van der Waals surface area contributed by atoms with Crippen molar-refractivity contribution in [2.75, 3.05) is 26.3 Å². The summed E-state index contributed by atoms with van der Waals surface area (Å²) in [5.41, 5.74) is 2.50. The van der Waals surface area contributed by atoms with E-state index in [1.807, 2.05) is 12.1 Å². The van der Waals surface area contributed by atoms with Gasteiger partial charge in [0.15, 0.2) is 0 Å². The maximum absolute atomic E-state index is 12.9. The average molecular weight is 368 g/mol. The van der Waals surface area contributed by atoms with Crippen LogP contribution in [0.4, 0.5) is 0 Å². The number of nitrogens with one attached hydrogen (secondary N) is 1. The molecule has 0 radical (unpaired) electrons. The van der Waals surface area contributed by atoms with Gasteiger partial charge in [0.25, 0.3) is 0 Å². The van der Waals surface area contributed by atoms with Crippen molar-refractivity contribution < 1.29 is 9.53 Å². The van der Waals surface area contributed by atoms with E-state index in [1.165, 1.54) is 11.3 Å². The molecule has 2 aliphatic heterocycles. The Morgan fingerprint density at radius 3 is 2.81 bits per heavy atom. The smallest absolute Gasteiger partial charge is 0.226 e. The fourth-order valence-corrected chi connectivity index (χ4v) is 4.14. The van der Waals surface area contributed by atoms with E-state index in [1.54, 1.807) is 12.4 Å². The van der Waals surface area contributed by atoms with Gasteiger partial charge >= 0.3 is 0 Å². The molecule has 1 N–H and O–H groups in total. The summed E-state index contributed by atoms with van der Waals surface area (Å²) in [5.74, 6) is 0.126. The predicted octanol–water partition coefficient (Wildman–Crippen LogP) is 1.85. The van der Waals surface area contributed by atoms with Crippen LogP contribution in [0.15, 0.2) is 42.9 Å². The number of hydrogen-bond acceptors (Lipinski definition) is 4. The number of pyridine rings is 1. The molecular formula is C21H28N4O2. The fourth-order valence-electron chi connectivity index (χ4n) is 4.14. The molecule has 1 fully saturated rings. The number of amides is 1. The zero-order chi connectivity index (χ0) is 18.5. The molecule has 1 saturated heterocycles. The lowest BCUT2D eigenvalue weighted by Crippen LogP contribution is -2.44. The van der Waals surface area contributed by atoms with Crippen LogP contribution >= 0.6 is 0 Å². The van der Waals surface area contributed by atoms with E-state index in [-0.39, 0.29) is 11.8 Å². The van der Waals surface area contributed by atoms with Gasteiger partial charge in [-0.1, -0.05) is 0 Å². The van der Waals surface area contributed by atoms with Crippen molar-refractivity contribution in [3.8, 4) is 0 Å². The Balaban J connectivity index is 1.40. The first kappa shape index (κ1) is 18.2. The molecule has 0 aromatic carbocycles. The van der Waals surface area contributed by atoms with Crippen LogP contribution in [0.25, 0.3) is 0 Å². The highest BCUT2D eigenvalue weighted by Gasteiger charge is 2.31. The maximum Gasteiger partial charge on any atom is 0.226 e. The third-order valence-corrected chi connectivity index (χ3v) is 5.70. The molecule has 0 saturated carbocycles. The second kappa shape index (κ2) is 8.67. The van der Waals surface area contributed by atoms with Crippen LogP contribution in [0.2, 0.25) is 0 Å². The minimum atomic E-state index is -0.0288. The molecule has 2 aromatic heterocycles. The summed E-state index contributed by atoms with van der Waals surface area (Å²) in [7, 11) is 0. The van der Waals surface area contributed by atoms with Gasteiger partial charge in [-0.2, -0.15) is 0 Å². The molecule has 0 spiro atoms. The summed E-state index contributed by atoms with van der Waals surface area (Å²) >= 11 is 0. The molecular weight excluding hydrogens is 340 g/mol. The summed E-state index contributed by atoms with van der Waals surface area (Å²) < 4.78 is 7.77. The van der Waals surface area contributed by atoms with Crippen LogP contribution < -0.4 is 5.32 Å². The number of fused-ring (bicyclic) bond motifs is 1. The van der Waals surface area contributed by atoms with E-state index in [9.17, 15) is 4.79 Å². The molecule has 0 bridgehead atoms. The van der Waals surface area contributed by atoms with Gasteiger partial charge in [-0.3, -0.25) is 14.7 Å². The second-order valence-corrected chi connectivity index (χ2v) is 7.52. The van der Waals surface area contributed by atoms with Crippen LogP contribution in [-0.2, 0) is 29.0 Å². The quantitative estimate of drug-likeness (QED) is 0.875. The summed E-state index contributed by atoms with van der Waals surface area (Å²) in [6.07, 6.45) is 8.62. The van der Waals surface area contributed by atoms with Crippen LogP contribution in [0.1, 0.15) is 24.1 Å². The monoisotopic (exact) mass is 368 g/mol. The molecule has 2 aliphatic rings. The van der Waals surface area contributed by atoms with E-state index in [0.717, 1.165) is 52.1 Å². The number of carbonyl (C=O) groups is 1. The van der Waals surface area contributed by atoms with Crippen LogP contribution in [0.5, 0.6) is 0 Å². The van der Waals surface area contributed by atoms with Gasteiger partial charge in [0.1, 0.15) is 0 Å². The van der Waals surface area contributed by atoms with Gasteiger partial charge in [-0.05, 0) is 49.1 Å². The first-order chi connectivity index (χ1) is 13.3. The van der Waals surface area contributed by atoms with Crippen molar-refractivity contribution in [3.05, 3.63) is 54.1 Å². The topological polar surface area (TPSA) is 59.4 Å². The van der Waals surface area contributed by atoms with Crippen molar-refractivity contribution in [2.24, 2.45) is 5.92 Å². The van der Waals surface area contributed by atoms with Crippen molar-refractivity contribution in [1.82, 2.24) is 19.8 Å². The highest BCUT2D eigenvalue weighted by atomic mass is 16.5. The lowest BCUT2D eigenvalue weighted by atomic mass is 10.0. The Hall–Kier alpha value is -2.18. The maximum atomic E-state index is 12.9. The predicted molar refractivity (Wildman–Crippen MR) is 103 cm³/mol. The summed E-state index contributed by atoms with van der Waals surface area (Å²) in [6.45, 7) is 4.79. The van der Waals surface area contributed by atoms with Gasteiger partial charge in [0.2, 0.25) is 5.91 Å². The van der Waals surface area contributed by atoms with Crippen LogP contribution in [-0.4, -0.2) is 52.7 Å². The number of hydrogen-bond donors (Lipinski definition) is 1. The zero-order valence-electron chi connectivity index (χ0n) is 15.7. The van der Waals surface area contributed by atoms with E-state index < -0.39 is 0 Å². The first-order valence-electron chi connectivity index (χ1n) is 9.92. The largest absolute Gasteiger partial charge is 0.381 e. The Kier molecular flexibility index (Phi) is 5.84. The molecule has 144 valence electrons. The molecule has 6 nitrogen and oxygen atoms in total. The molecule has 27 heavy (non-hydrogen) atoms. The number of nitrogens with zero attached hydrogens (tertiary/aromatic N) is 3. The molecule has 4 rings (SSSR count). The number of rotatable bonds is 5. The van der Waals surface area contributed by atoms with Gasteiger partial charge < -0.3 is 14.6 Å². The van der Waals surface area contributed by atoms with Crippen molar-refractivity contribution in [3.63, 3.8) is 0 Å². The molecule has 0 unspecified atom stereocenters. The van der Waals surface area contributed by atoms with Gasteiger partial charge in [0.05, 0.1) is 5.92 Å². The molecule has 6 heteroatoms. The first-order valence-corrected chi connectivity index (χ1v) is 9.92. The minimum Gasteiger partial charge on any atom is -0.381 e. The Morgan fingerprint density at radius 1 is 1.19 bits per heavy atom. The normalized spacial score (nSPS) is 21.4. The molecule has 2 aromatic rings. The minimum absolute atomic E-state index is 0.0288. The molecule has 1 amide bonds. The van der Waals surface area contributed by atoms with Crippen molar-refractivity contribution in [1.29, 1.82) is 0 Å². The number of ether oxygens (including phenoxy) is 1. The van der Waals surface area contributed by atoms with Gasteiger partial charge in [-0.25, -0.2) is 0 Å². The van der Waals surface area contributed by atoms with Crippen molar-refractivity contribution in [2.45, 2.75) is 38.4 Å². The summed E-state index contributed by atoms with van der Waals surface area (Å²) in [4.78, 5) is 19.4. The standard InChI is InChI=1S/C21H28N4O2/c26-21(23-10-5-17-3-8-22-9-4-17)18-14-24-11-1-2-20(24)16-25(15-18)19-6-12-27-13-7-19/h1-4,8-9,11,18-19H,5-7,10,12-16H2,(H,23,26)/t18-/m0/s1. The highest BCUT2D eigenvalue weighted by Crippen LogP contribution is 2.23. The molecule has 1 atom stereocenters.